The van der Waals surface area contributed by atoms with E-state index in [1.165, 1.54) is 4.88 Å². The highest BCUT2D eigenvalue weighted by molar-refractivity contribution is 7.10. The first kappa shape index (κ1) is 12.6. The molecule has 1 atom stereocenters. The van der Waals surface area contributed by atoms with Crippen LogP contribution in [-0.4, -0.2) is 12.7 Å². The number of ether oxygens (including phenoxy) is 1. The summed E-state index contributed by atoms with van der Waals surface area (Å²) in [6, 6.07) is 4.20. The Morgan fingerprint density at radius 2 is 2.20 bits per heavy atom. The number of methoxy groups -OCH3 is 1. The van der Waals surface area contributed by atoms with Gasteiger partial charge in [-0.3, -0.25) is 5.84 Å². The number of hydrogen-bond acceptors (Lipinski definition) is 4. The molecule has 86 valence electrons. The van der Waals surface area contributed by atoms with E-state index in [9.17, 15) is 0 Å². The summed E-state index contributed by atoms with van der Waals surface area (Å²) >= 11 is 1.71. The van der Waals surface area contributed by atoms with Crippen LogP contribution in [0.5, 0.6) is 0 Å². The van der Waals surface area contributed by atoms with Crippen molar-refractivity contribution in [3.8, 4) is 0 Å². The van der Waals surface area contributed by atoms with Crippen LogP contribution in [-0.2, 0) is 4.74 Å². The van der Waals surface area contributed by atoms with Crippen molar-refractivity contribution >= 4 is 11.3 Å². The Morgan fingerprint density at radius 3 is 2.53 bits per heavy atom. The third kappa shape index (κ3) is 2.39. The summed E-state index contributed by atoms with van der Waals surface area (Å²) in [6.07, 6.45) is 1.87. The molecule has 0 amide bonds. The highest BCUT2D eigenvalue weighted by Crippen LogP contribution is 2.36. The summed E-state index contributed by atoms with van der Waals surface area (Å²) in [4.78, 5) is 1.23. The van der Waals surface area contributed by atoms with Gasteiger partial charge in [-0.2, -0.15) is 0 Å². The first-order valence-corrected chi connectivity index (χ1v) is 6.16. The Morgan fingerprint density at radius 1 is 1.53 bits per heavy atom. The van der Waals surface area contributed by atoms with Crippen molar-refractivity contribution in [3.63, 3.8) is 0 Å². The molecule has 0 spiro atoms. The van der Waals surface area contributed by atoms with E-state index >= 15 is 0 Å². The van der Waals surface area contributed by atoms with Crippen LogP contribution in [0.3, 0.4) is 0 Å². The van der Waals surface area contributed by atoms with Crippen LogP contribution in [0.1, 0.15) is 37.6 Å². The van der Waals surface area contributed by atoms with Gasteiger partial charge in [0, 0.05) is 12.0 Å². The Bertz CT molecular complexity index is 262. The SMILES string of the molecule is CCC(CC)(OC)C(NN)c1cccs1. The second-order valence-corrected chi connectivity index (χ2v) is 4.57. The fourth-order valence-electron chi connectivity index (χ4n) is 2.01. The standard InChI is InChI=1S/C11H20N2OS/c1-4-11(5-2,14-3)10(13-12)9-7-6-8-15-9/h6-8,10,13H,4-5,12H2,1-3H3. The zero-order valence-electron chi connectivity index (χ0n) is 9.62. The average molecular weight is 228 g/mol. The number of hydrazine groups is 1. The van der Waals surface area contributed by atoms with Gasteiger partial charge < -0.3 is 4.74 Å². The third-order valence-electron chi connectivity index (χ3n) is 3.12. The van der Waals surface area contributed by atoms with E-state index in [2.05, 4.69) is 30.7 Å². The normalized spacial score (nSPS) is 14.1. The van der Waals surface area contributed by atoms with Crippen LogP contribution >= 0.6 is 11.3 Å². The first-order valence-electron chi connectivity index (χ1n) is 5.28. The van der Waals surface area contributed by atoms with Gasteiger partial charge in [-0.05, 0) is 24.3 Å². The highest BCUT2D eigenvalue weighted by atomic mass is 32.1. The minimum Gasteiger partial charge on any atom is -0.376 e. The Kier molecular flexibility index (Phi) is 4.73. The van der Waals surface area contributed by atoms with E-state index in [0.29, 0.717) is 0 Å². The molecule has 1 rings (SSSR count). The van der Waals surface area contributed by atoms with Crippen molar-refractivity contribution in [2.45, 2.75) is 38.3 Å². The molecule has 1 heterocycles. The van der Waals surface area contributed by atoms with E-state index in [0.717, 1.165) is 12.8 Å². The molecule has 0 aliphatic rings. The van der Waals surface area contributed by atoms with E-state index in [-0.39, 0.29) is 11.6 Å². The van der Waals surface area contributed by atoms with Gasteiger partial charge in [0.25, 0.3) is 0 Å². The monoisotopic (exact) mass is 228 g/mol. The predicted molar refractivity (Wildman–Crippen MR) is 64.7 cm³/mol. The van der Waals surface area contributed by atoms with Gasteiger partial charge in [0.2, 0.25) is 0 Å². The molecule has 0 saturated heterocycles. The smallest absolute Gasteiger partial charge is 0.0888 e. The predicted octanol–water partition coefficient (Wildman–Crippen LogP) is 2.46. The average Bonchev–Trinajstić information content (AvgIpc) is 2.79. The summed E-state index contributed by atoms with van der Waals surface area (Å²) in [6.45, 7) is 4.26. The van der Waals surface area contributed by atoms with E-state index < -0.39 is 0 Å². The maximum Gasteiger partial charge on any atom is 0.0888 e. The summed E-state index contributed by atoms with van der Waals surface area (Å²) < 4.78 is 5.68. The molecule has 0 aliphatic carbocycles. The lowest BCUT2D eigenvalue weighted by Gasteiger charge is -2.37. The third-order valence-corrected chi connectivity index (χ3v) is 4.06. The second kappa shape index (κ2) is 5.61. The first-order chi connectivity index (χ1) is 7.24. The van der Waals surface area contributed by atoms with Crippen molar-refractivity contribution in [2.24, 2.45) is 5.84 Å². The maximum absolute atomic E-state index is 5.68. The molecule has 3 N–H and O–H groups in total. The van der Waals surface area contributed by atoms with Crippen molar-refractivity contribution in [3.05, 3.63) is 22.4 Å². The topological polar surface area (TPSA) is 47.3 Å². The molecule has 15 heavy (non-hydrogen) atoms. The molecule has 0 radical (unpaired) electrons. The van der Waals surface area contributed by atoms with Crippen molar-refractivity contribution in [1.82, 2.24) is 5.43 Å². The van der Waals surface area contributed by atoms with Crippen molar-refractivity contribution in [1.29, 1.82) is 0 Å². The van der Waals surface area contributed by atoms with Crippen LogP contribution in [0.2, 0.25) is 0 Å². The van der Waals surface area contributed by atoms with Crippen LogP contribution in [0.4, 0.5) is 0 Å². The number of rotatable bonds is 6. The van der Waals surface area contributed by atoms with Crippen molar-refractivity contribution in [2.75, 3.05) is 7.11 Å². The van der Waals surface area contributed by atoms with Gasteiger partial charge in [0.05, 0.1) is 11.6 Å². The van der Waals surface area contributed by atoms with Gasteiger partial charge in [0.15, 0.2) is 0 Å². The van der Waals surface area contributed by atoms with Crippen LogP contribution < -0.4 is 11.3 Å². The van der Waals surface area contributed by atoms with Crippen LogP contribution in [0.25, 0.3) is 0 Å². The molecule has 0 aliphatic heterocycles. The zero-order valence-corrected chi connectivity index (χ0v) is 10.4. The number of nitrogens with two attached hydrogens (primary N) is 1. The quantitative estimate of drug-likeness (QED) is 0.581. The maximum atomic E-state index is 5.68. The molecular formula is C11H20N2OS. The summed E-state index contributed by atoms with van der Waals surface area (Å²) in [5.41, 5.74) is 2.67. The lowest BCUT2D eigenvalue weighted by atomic mass is 9.87. The Labute approximate surface area is 95.6 Å². The fourth-order valence-corrected chi connectivity index (χ4v) is 2.90. The largest absolute Gasteiger partial charge is 0.376 e. The molecule has 0 fully saturated rings. The lowest BCUT2D eigenvalue weighted by molar-refractivity contribution is -0.0477. The summed E-state index contributed by atoms with van der Waals surface area (Å²) in [5, 5.41) is 2.06. The molecule has 1 unspecified atom stereocenters. The van der Waals surface area contributed by atoms with Gasteiger partial charge in [0.1, 0.15) is 0 Å². The van der Waals surface area contributed by atoms with Gasteiger partial charge in [-0.15, -0.1) is 11.3 Å². The van der Waals surface area contributed by atoms with Gasteiger partial charge in [-0.1, -0.05) is 19.9 Å². The molecule has 0 saturated carbocycles. The zero-order chi connectivity index (χ0) is 11.3. The van der Waals surface area contributed by atoms with Gasteiger partial charge >= 0.3 is 0 Å². The second-order valence-electron chi connectivity index (χ2n) is 3.59. The summed E-state index contributed by atoms with van der Waals surface area (Å²) in [7, 11) is 1.75. The molecule has 3 nitrogen and oxygen atoms in total. The minimum atomic E-state index is -0.209. The molecule has 1 aromatic heterocycles. The highest BCUT2D eigenvalue weighted by Gasteiger charge is 2.36. The van der Waals surface area contributed by atoms with E-state index in [4.69, 9.17) is 10.6 Å². The van der Waals surface area contributed by atoms with Crippen LogP contribution in [0, 0.1) is 0 Å². The Balaban J connectivity index is 2.98. The number of thiophene rings is 1. The molecule has 4 heteroatoms. The lowest BCUT2D eigenvalue weighted by Crippen LogP contribution is -2.47. The molecule has 0 bridgehead atoms. The Hall–Kier alpha value is -0.420. The van der Waals surface area contributed by atoms with Crippen molar-refractivity contribution < 1.29 is 4.74 Å². The fraction of sp³-hybridized carbons (Fsp3) is 0.636. The number of nitrogens with one attached hydrogen (secondary N) is 1. The van der Waals surface area contributed by atoms with E-state index in [1.54, 1.807) is 18.4 Å². The minimum absolute atomic E-state index is 0.0671. The van der Waals surface area contributed by atoms with Crippen LogP contribution in [0.15, 0.2) is 17.5 Å². The summed E-state index contributed by atoms with van der Waals surface area (Å²) in [5.74, 6) is 5.65. The molecular weight excluding hydrogens is 208 g/mol. The van der Waals surface area contributed by atoms with Gasteiger partial charge in [-0.25, -0.2) is 5.43 Å². The molecule has 1 aromatic rings. The molecule has 0 aromatic carbocycles. The number of hydrogen-bond donors (Lipinski definition) is 2. The van der Waals surface area contributed by atoms with E-state index in [1.807, 2.05) is 6.07 Å².